The topological polar surface area (TPSA) is 50.4 Å². The van der Waals surface area contributed by atoms with E-state index in [2.05, 4.69) is 10.6 Å². The van der Waals surface area contributed by atoms with Crippen molar-refractivity contribution in [1.29, 1.82) is 0 Å². The molecule has 1 aromatic carbocycles. The molecule has 0 unspecified atom stereocenters. The van der Waals surface area contributed by atoms with E-state index in [1.165, 1.54) is 0 Å². The lowest BCUT2D eigenvalue weighted by Crippen LogP contribution is -2.31. The zero-order valence-electron chi connectivity index (χ0n) is 10.6. The van der Waals surface area contributed by atoms with E-state index in [1.807, 2.05) is 38.1 Å². The number of ether oxygens (including phenoxy) is 1. The summed E-state index contributed by atoms with van der Waals surface area (Å²) in [5.74, 6) is 0.846. The highest BCUT2D eigenvalue weighted by molar-refractivity contribution is 5.77. The third-order valence-electron chi connectivity index (χ3n) is 2.22. The molecular weight excluding hydrogens is 216 g/mol. The van der Waals surface area contributed by atoms with E-state index in [-0.39, 0.29) is 12.0 Å². The smallest absolute Gasteiger partial charge is 0.233 e. The van der Waals surface area contributed by atoms with Crippen molar-refractivity contribution in [2.45, 2.75) is 26.5 Å². The Morgan fingerprint density at radius 1 is 1.35 bits per heavy atom. The number of benzene rings is 1. The molecule has 0 fully saturated rings. The molecule has 0 aliphatic heterocycles. The molecular formula is C13H20N2O2. The Morgan fingerprint density at radius 2 is 2.06 bits per heavy atom. The van der Waals surface area contributed by atoms with Gasteiger partial charge in [-0.3, -0.25) is 4.79 Å². The number of hydrogen-bond acceptors (Lipinski definition) is 3. The van der Waals surface area contributed by atoms with Crippen molar-refractivity contribution in [2.75, 3.05) is 13.6 Å². The highest BCUT2D eigenvalue weighted by Crippen LogP contribution is 2.18. The molecule has 2 N–H and O–H groups in total. The third kappa shape index (κ3) is 4.87. The first-order chi connectivity index (χ1) is 8.13. The van der Waals surface area contributed by atoms with Gasteiger partial charge < -0.3 is 15.4 Å². The maximum Gasteiger partial charge on any atom is 0.233 e. The molecule has 0 bridgehead atoms. The zero-order valence-corrected chi connectivity index (χ0v) is 10.6. The molecule has 17 heavy (non-hydrogen) atoms. The lowest BCUT2D eigenvalue weighted by molar-refractivity contribution is -0.119. The van der Waals surface area contributed by atoms with Gasteiger partial charge in [-0.1, -0.05) is 18.2 Å². The number of para-hydroxylation sites is 1. The second-order valence-electron chi connectivity index (χ2n) is 4.05. The summed E-state index contributed by atoms with van der Waals surface area (Å²) in [6, 6.07) is 7.84. The molecule has 0 aromatic heterocycles. The second kappa shape index (κ2) is 6.91. The lowest BCUT2D eigenvalue weighted by atomic mass is 10.2. The van der Waals surface area contributed by atoms with Crippen LogP contribution in [0.1, 0.15) is 19.4 Å². The summed E-state index contributed by atoms with van der Waals surface area (Å²) in [7, 11) is 1.62. The average Bonchev–Trinajstić information content (AvgIpc) is 2.30. The van der Waals surface area contributed by atoms with Gasteiger partial charge in [0.2, 0.25) is 5.91 Å². The van der Waals surface area contributed by atoms with Gasteiger partial charge in [0.25, 0.3) is 0 Å². The molecule has 1 aromatic rings. The highest BCUT2D eigenvalue weighted by Gasteiger charge is 2.05. The Bertz CT molecular complexity index is 364. The van der Waals surface area contributed by atoms with E-state index >= 15 is 0 Å². The number of carbonyl (C=O) groups excluding carboxylic acids is 1. The molecule has 0 aliphatic carbocycles. The van der Waals surface area contributed by atoms with Gasteiger partial charge in [0.1, 0.15) is 5.75 Å². The SMILES string of the molecule is CNC(=O)CNCc1ccccc1OC(C)C. The molecule has 1 rings (SSSR count). The van der Waals surface area contributed by atoms with Crippen molar-refractivity contribution < 1.29 is 9.53 Å². The van der Waals surface area contributed by atoms with Crippen LogP contribution < -0.4 is 15.4 Å². The Kier molecular flexibility index (Phi) is 5.49. The van der Waals surface area contributed by atoms with E-state index < -0.39 is 0 Å². The molecule has 1 amide bonds. The van der Waals surface area contributed by atoms with Crippen molar-refractivity contribution >= 4 is 5.91 Å². The fourth-order valence-corrected chi connectivity index (χ4v) is 1.42. The van der Waals surface area contributed by atoms with Crippen LogP contribution in [0.5, 0.6) is 5.75 Å². The molecule has 0 heterocycles. The van der Waals surface area contributed by atoms with Gasteiger partial charge in [0, 0.05) is 19.2 Å². The molecule has 0 aliphatic rings. The molecule has 0 saturated carbocycles. The minimum atomic E-state index is -0.0211. The van der Waals surface area contributed by atoms with E-state index in [4.69, 9.17) is 4.74 Å². The first kappa shape index (κ1) is 13.5. The Balaban J connectivity index is 2.54. The maximum absolute atomic E-state index is 11.1. The van der Waals surface area contributed by atoms with Crippen LogP contribution in [0.3, 0.4) is 0 Å². The number of nitrogens with one attached hydrogen (secondary N) is 2. The number of amides is 1. The minimum absolute atomic E-state index is 0.0211. The third-order valence-corrected chi connectivity index (χ3v) is 2.22. The van der Waals surface area contributed by atoms with Crippen LogP contribution in [-0.2, 0) is 11.3 Å². The normalized spacial score (nSPS) is 10.4. The van der Waals surface area contributed by atoms with Crippen LogP contribution in [-0.4, -0.2) is 25.6 Å². The van der Waals surface area contributed by atoms with Crippen molar-refractivity contribution in [3.8, 4) is 5.75 Å². The Labute approximate surface area is 102 Å². The summed E-state index contributed by atoms with van der Waals surface area (Å²) in [5.41, 5.74) is 1.06. The highest BCUT2D eigenvalue weighted by atomic mass is 16.5. The lowest BCUT2D eigenvalue weighted by Gasteiger charge is -2.14. The summed E-state index contributed by atoms with van der Waals surface area (Å²) >= 11 is 0. The second-order valence-corrected chi connectivity index (χ2v) is 4.05. The van der Waals surface area contributed by atoms with Crippen molar-refractivity contribution in [3.05, 3.63) is 29.8 Å². The number of hydrogen-bond donors (Lipinski definition) is 2. The quantitative estimate of drug-likeness (QED) is 0.783. The Hall–Kier alpha value is -1.55. The maximum atomic E-state index is 11.1. The average molecular weight is 236 g/mol. The van der Waals surface area contributed by atoms with E-state index in [0.29, 0.717) is 13.1 Å². The predicted octanol–water partition coefficient (Wildman–Crippen LogP) is 1.31. The zero-order chi connectivity index (χ0) is 12.7. The van der Waals surface area contributed by atoms with Crippen molar-refractivity contribution in [3.63, 3.8) is 0 Å². The molecule has 0 atom stereocenters. The van der Waals surface area contributed by atoms with Crippen LogP contribution in [0.15, 0.2) is 24.3 Å². The Morgan fingerprint density at radius 3 is 2.71 bits per heavy atom. The first-order valence-electron chi connectivity index (χ1n) is 5.79. The predicted molar refractivity (Wildman–Crippen MR) is 68.0 cm³/mol. The van der Waals surface area contributed by atoms with Gasteiger partial charge in [0.05, 0.1) is 12.6 Å². The van der Waals surface area contributed by atoms with Crippen LogP contribution >= 0.6 is 0 Å². The minimum Gasteiger partial charge on any atom is -0.491 e. The molecule has 4 nitrogen and oxygen atoms in total. The number of likely N-dealkylation sites (N-methyl/N-ethyl adjacent to an activating group) is 1. The first-order valence-corrected chi connectivity index (χ1v) is 5.79. The van der Waals surface area contributed by atoms with E-state index in [9.17, 15) is 4.79 Å². The van der Waals surface area contributed by atoms with Gasteiger partial charge in [-0.15, -0.1) is 0 Å². The van der Waals surface area contributed by atoms with E-state index in [1.54, 1.807) is 7.05 Å². The van der Waals surface area contributed by atoms with Gasteiger partial charge in [-0.25, -0.2) is 0 Å². The van der Waals surface area contributed by atoms with Gasteiger partial charge in [-0.2, -0.15) is 0 Å². The van der Waals surface area contributed by atoms with Gasteiger partial charge >= 0.3 is 0 Å². The monoisotopic (exact) mass is 236 g/mol. The van der Waals surface area contributed by atoms with Crippen LogP contribution in [0.2, 0.25) is 0 Å². The molecule has 4 heteroatoms. The van der Waals surface area contributed by atoms with Crippen LogP contribution in [0.4, 0.5) is 0 Å². The van der Waals surface area contributed by atoms with E-state index in [0.717, 1.165) is 11.3 Å². The summed E-state index contributed by atoms with van der Waals surface area (Å²) in [6.45, 7) is 4.92. The van der Waals surface area contributed by atoms with Crippen molar-refractivity contribution in [1.82, 2.24) is 10.6 Å². The largest absolute Gasteiger partial charge is 0.491 e. The standard InChI is InChI=1S/C13H20N2O2/c1-10(2)17-12-7-5-4-6-11(12)8-15-9-13(16)14-3/h4-7,10,15H,8-9H2,1-3H3,(H,14,16). The van der Waals surface area contributed by atoms with Crippen LogP contribution in [0, 0.1) is 0 Å². The molecule has 0 spiro atoms. The summed E-state index contributed by atoms with van der Waals surface area (Å²) in [5, 5.41) is 5.64. The molecule has 0 radical (unpaired) electrons. The fourth-order valence-electron chi connectivity index (χ4n) is 1.42. The van der Waals surface area contributed by atoms with Crippen molar-refractivity contribution in [2.24, 2.45) is 0 Å². The number of rotatable bonds is 6. The van der Waals surface area contributed by atoms with Crippen LogP contribution in [0.25, 0.3) is 0 Å². The molecule has 0 saturated heterocycles. The van der Waals surface area contributed by atoms with Gasteiger partial charge in [-0.05, 0) is 19.9 Å². The number of carbonyl (C=O) groups is 1. The van der Waals surface area contributed by atoms with Gasteiger partial charge in [0.15, 0.2) is 0 Å². The molecule has 94 valence electrons. The summed E-state index contributed by atoms with van der Waals surface area (Å²) in [4.78, 5) is 11.1. The summed E-state index contributed by atoms with van der Waals surface area (Å²) in [6.07, 6.45) is 0.148. The summed E-state index contributed by atoms with van der Waals surface area (Å²) < 4.78 is 5.69. The fraction of sp³-hybridized carbons (Fsp3) is 0.462.